The van der Waals surface area contributed by atoms with Gasteiger partial charge in [-0.05, 0) is 115 Å². The molecule has 4 aliphatic heterocycles. The molecule has 2 saturated carbocycles. The Morgan fingerprint density at radius 1 is 0.848 bits per heavy atom. The number of carbonyl (C=O) groups excluding carboxylic acids is 1. The summed E-state index contributed by atoms with van der Waals surface area (Å²) in [6.45, 7) is 10.1. The summed E-state index contributed by atoms with van der Waals surface area (Å²) in [5.41, 5.74) is 5.64. The van der Waals surface area contributed by atoms with Crippen molar-refractivity contribution in [3.8, 4) is 22.8 Å². The fourth-order valence-electron chi connectivity index (χ4n) is 6.88. The monoisotopic (exact) mass is 865 g/mol. The molecule has 2 aromatic carbocycles. The van der Waals surface area contributed by atoms with Crippen LogP contribution < -0.4 is 0 Å². The third-order valence-corrected chi connectivity index (χ3v) is 11.1. The Kier molecular flexibility index (Phi) is 11.8. The second kappa shape index (κ2) is 15.4. The van der Waals surface area contributed by atoms with Crippen LogP contribution >= 0.6 is 54.5 Å². The van der Waals surface area contributed by atoms with E-state index < -0.39 is 0 Å². The van der Waals surface area contributed by atoms with Gasteiger partial charge in [0.2, 0.25) is 0 Å². The summed E-state index contributed by atoms with van der Waals surface area (Å²) in [5.74, 6) is 3.01. The topological polar surface area (TPSA) is 85.4 Å². The van der Waals surface area contributed by atoms with Crippen molar-refractivity contribution in [2.75, 3.05) is 33.9 Å². The highest BCUT2D eigenvalue weighted by Gasteiger charge is 2.40. The third-order valence-electron chi connectivity index (χ3n) is 9.58. The van der Waals surface area contributed by atoms with Gasteiger partial charge in [-0.15, -0.1) is 0 Å². The molecule has 0 radical (unpaired) electrons. The summed E-state index contributed by atoms with van der Waals surface area (Å²) in [6.07, 6.45) is 8.81. The first-order valence-corrected chi connectivity index (χ1v) is 18.6. The lowest BCUT2D eigenvalue weighted by Gasteiger charge is -2.34. The van der Waals surface area contributed by atoms with Crippen molar-refractivity contribution in [1.82, 2.24) is 24.0 Å². The van der Waals surface area contributed by atoms with Crippen molar-refractivity contribution in [1.29, 1.82) is 0 Å². The zero-order valence-electron chi connectivity index (χ0n) is 27.0. The lowest BCUT2D eigenvalue weighted by Crippen LogP contribution is -2.22. The van der Waals surface area contributed by atoms with Crippen LogP contribution in [-0.4, -0.2) is 68.9 Å². The molecule has 6 heterocycles. The zero-order valence-corrected chi connectivity index (χ0v) is 32.3. The van der Waals surface area contributed by atoms with Gasteiger partial charge >= 0.3 is 5.97 Å². The summed E-state index contributed by atoms with van der Waals surface area (Å²) < 4.78 is 12.6. The van der Waals surface area contributed by atoms with Gasteiger partial charge in [0.25, 0.3) is 0 Å². The Morgan fingerprint density at radius 2 is 1.30 bits per heavy atom. The van der Waals surface area contributed by atoms with Gasteiger partial charge in [0, 0.05) is 51.7 Å². The zero-order chi connectivity index (χ0) is 33.1. The van der Waals surface area contributed by atoms with E-state index in [1.165, 1.54) is 56.3 Å². The second-order valence-corrected chi connectivity index (χ2v) is 14.8. The van der Waals surface area contributed by atoms with Crippen molar-refractivity contribution >= 4 is 60.4 Å². The second-order valence-electron chi connectivity index (χ2n) is 11.9. The third kappa shape index (κ3) is 7.04. The van der Waals surface area contributed by atoms with Gasteiger partial charge in [-0.25, -0.2) is 14.8 Å². The number of hydrogen-bond acceptors (Lipinski definition) is 6. The Morgan fingerprint density at radius 3 is 1.74 bits per heavy atom. The molecule has 46 heavy (non-hydrogen) atoms. The van der Waals surface area contributed by atoms with Crippen molar-refractivity contribution in [2.45, 2.75) is 70.4 Å². The fourth-order valence-corrected chi connectivity index (χ4v) is 8.13. The number of ether oxygens (including phenoxy) is 1. The van der Waals surface area contributed by atoms with Gasteiger partial charge < -0.3 is 23.9 Å². The molecule has 2 aliphatic carbocycles. The molecule has 10 rings (SSSR count). The number of aromatic nitrogens is 4. The molecular formula is C35H42Br2IN5O3. The number of aliphatic hydroxyl groups is 1. The van der Waals surface area contributed by atoms with E-state index in [-0.39, 0.29) is 5.97 Å². The first-order valence-electron chi connectivity index (χ1n) is 15.9. The van der Waals surface area contributed by atoms with Crippen LogP contribution in [0.2, 0.25) is 0 Å². The maximum atomic E-state index is 11.7. The predicted octanol–water partition coefficient (Wildman–Crippen LogP) is 8.84. The minimum atomic E-state index is -0.377. The van der Waals surface area contributed by atoms with E-state index in [9.17, 15) is 4.79 Å². The average molecular weight is 867 g/mol. The van der Waals surface area contributed by atoms with Gasteiger partial charge in [-0.1, -0.05) is 64.8 Å². The molecule has 8 nitrogen and oxygen atoms in total. The molecule has 2 aromatic heterocycles. The number of hydrogen-bond donors (Lipinski definition) is 1. The standard InChI is InChI=1S/C15H13BrN2O2.C13H10BrIN2.C6H15N.CH4O/c1-20-15(19)13-7-18-10-4-8(5-10)11-3-2-9(16)6-12(11)14(18)17-13;14-8-1-2-10-7-3-9(4-7)17-6-12(15)16-13(17)11(10)5-8;1-4-7(5-2)6-3;1-2/h2-3,6-8,10H,4-5H2,1H3;1-2,5-7,9H,3-4H2;4-6H2,1-3H3;2H,1H3. The number of esters is 1. The fraction of sp³-hybridized carbons (Fsp3) is 0.457. The highest BCUT2D eigenvalue weighted by atomic mass is 127. The van der Waals surface area contributed by atoms with Crippen LogP contribution in [0.15, 0.2) is 57.7 Å². The Hall–Kier alpha value is -2.06. The predicted molar refractivity (Wildman–Crippen MR) is 198 cm³/mol. The van der Waals surface area contributed by atoms with Crippen LogP contribution in [0.25, 0.3) is 22.8 Å². The maximum Gasteiger partial charge on any atom is 0.358 e. The molecule has 4 bridgehead atoms. The van der Waals surface area contributed by atoms with Crippen molar-refractivity contribution in [3.05, 3.63) is 78.3 Å². The largest absolute Gasteiger partial charge is 0.464 e. The molecular weight excluding hydrogens is 825 g/mol. The molecule has 2 fully saturated rings. The molecule has 0 spiro atoms. The smallest absolute Gasteiger partial charge is 0.358 e. The molecule has 4 aromatic rings. The summed E-state index contributed by atoms with van der Waals surface area (Å²) >= 11 is 9.40. The van der Waals surface area contributed by atoms with Crippen molar-refractivity contribution < 1.29 is 14.6 Å². The lowest BCUT2D eigenvalue weighted by atomic mass is 9.76. The number of imidazole rings is 2. The Balaban J connectivity index is 0.000000146. The van der Waals surface area contributed by atoms with Gasteiger partial charge in [0.1, 0.15) is 15.3 Å². The maximum absolute atomic E-state index is 11.7. The molecule has 0 atom stereocenters. The number of nitrogens with zero attached hydrogens (tertiary/aromatic N) is 5. The lowest BCUT2D eigenvalue weighted by molar-refractivity contribution is 0.0594. The minimum absolute atomic E-state index is 0.377. The van der Waals surface area contributed by atoms with Gasteiger partial charge in [0.15, 0.2) is 5.69 Å². The SMILES string of the molecule is Brc1ccc2c(c1)-c1nc(I)cn1C1CC2C1.CCN(CC)CC.CO.COC(=O)c1cn2c(n1)-c1cc(Br)ccc1C1CC2C1. The van der Waals surface area contributed by atoms with Crippen LogP contribution in [0, 0.1) is 3.70 Å². The van der Waals surface area contributed by atoms with Gasteiger partial charge in [0.05, 0.1) is 7.11 Å². The Bertz CT molecular complexity index is 1670. The van der Waals surface area contributed by atoms with Crippen LogP contribution in [-0.2, 0) is 4.74 Å². The van der Waals surface area contributed by atoms with E-state index in [1.807, 2.05) is 6.20 Å². The van der Waals surface area contributed by atoms with Crippen molar-refractivity contribution in [3.63, 3.8) is 0 Å². The summed E-state index contributed by atoms with van der Waals surface area (Å²) in [4.78, 5) is 23.3. The first kappa shape index (κ1) is 35.3. The summed E-state index contributed by atoms with van der Waals surface area (Å²) in [6, 6.07) is 14.1. The highest BCUT2D eigenvalue weighted by molar-refractivity contribution is 14.1. The number of rotatable bonds is 4. The van der Waals surface area contributed by atoms with E-state index in [2.05, 4.69) is 137 Å². The van der Waals surface area contributed by atoms with Crippen LogP contribution in [0.4, 0.5) is 0 Å². The van der Waals surface area contributed by atoms with E-state index >= 15 is 0 Å². The molecule has 11 heteroatoms. The number of methoxy groups -OCH3 is 1. The summed E-state index contributed by atoms with van der Waals surface area (Å²) in [5, 5.41) is 7.00. The number of benzene rings is 2. The minimum Gasteiger partial charge on any atom is -0.464 e. The van der Waals surface area contributed by atoms with Crippen molar-refractivity contribution in [2.24, 2.45) is 0 Å². The molecule has 1 N–H and O–H groups in total. The summed E-state index contributed by atoms with van der Waals surface area (Å²) in [7, 11) is 2.39. The molecule has 0 unspecified atom stereocenters. The molecule has 6 aliphatic rings. The highest BCUT2D eigenvalue weighted by Crippen LogP contribution is 2.53. The molecule has 0 amide bonds. The van der Waals surface area contributed by atoms with Gasteiger partial charge in [-0.2, -0.15) is 0 Å². The average Bonchev–Trinajstić information content (AvgIpc) is 3.51. The number of halogens is 3. The number of aliphatic hydroxyl groups excluding tert-OH is 1. The van der Waals surface area contributed by atoms with Crippen LogP contribution in [0.1, 0.15) is 92.0 Å². The quantitative estimate of drug-likeness (QED) is 0.163. The van der Waals surface area contributed by atoms with Crippen LogP contribution in [0.3, 0.4) is 0 Å². The van der Waals surface area contributed by atoms with Gasteiger partial charge in [-0.3, -0.25) is 0 Å². The van der Waals surface area contributed by atoms with E-state index in [4.69, 9.17) is 14.8 Å². The first-order chi connectivity index (χ1) is 22.2. The normalized spacial score (nSPS) is 20.5. The van der Waals surface area contributed by atoms with E-state index in [0.29, 0.717) is 23.7 Å². The Labute approximate surface area is 302 Å². The molecule has 246 valence electrons. The van der Waals surface area contributed by atoms with E-state index in [1.54, 1.807) is 0 Å². The van der Waals surface area contributed by atoms with E-state index in [0.717, 1.165) is 55.7 Å². The number of carbonyl (C=O) groups is 1. The molecule has 0 saturated heterocycles. The van der Waals surface area contributed by atoms with Crippen LogP contribution in [0.5, 0.6) is 0 Å².